The largest absolute Gasteiger partial charge is 0.366 e. The van der Waals surface area contributed by atoms with E-state index in [4.69, 9.17) is 4.52 Å². The molecule has 0 bridgehead atoms. The number of hydrogen-bond acceptors (Lipinski definition) is 5. The van der Waals surface area contributed by atoms with Crippen LogP contribution in [-0.2, 0) is 6.54 Å². The topological polar surface area (TPSA) is 79.6 Å². The summed E-state index contributed by atoms with van der Waals surface area (Å²) in [6.45, 7) is 2.50. The minimum absolute atomic E-state index is 0.485. The highest BCUT2D eigenvalue weighted by atomic mass is 16.5. The van der Waals surface area contributed by atoms with Crippen LogP contribution < -0.4 is 5.32 Å². The van der Waals surface area contributed by atoms with Gasteiger partial charge in [0.1, 0.15) is 5.82 Å². The number of H-pyrrole nitrogens is 1. The van der Waals surface area contributed by atoms with Crippen molar-refractivity contribution >= 4 is 16.7 Å². The molecule has 2 N–H and O–H groups in total. The van der Waals surface area contributed by atoms with Crippen LogP contribution in [-0.4, -0.2) is 20.1 Å². The van der Waals surface area contributed by atoms with Gasteiger partial charge in [-0.2, -0.15) is 4.98 Å². The summed E-state index contributed by atoms with van der Waals surface area (Å²) >= 11 is 0. The first kappa shape index (κ1) is 13.5. The highest BCUT2D eigenvalue weighted by Gasteiger charge is 2.07. The Bertz CT molecular complexity index is 939. The van der Waals surface area contributed by atoms with Gasteiger partial charge in [-0.25, -0.2) is 4.98 Å². The van der Waals surface area contributed by atoms with E-state index in [9.17, 15) is 0 Å². The quantitative estimate of drug-likeness (QED) is 0.603. The third-order valence-electron chi connectivity index (χ3n) is 3.68. The van der Waals surface area contributed by atoms with Gasteiger partial charge in [-0.3, -0.25) is 0 Å². The fourth-order valence-corrected chi connectivity index (χ4v) is 2.53. The van der Waals surface area contributed by atoms with Crippen molar-refractivity contribution in [3.63, 3.8) is 0 Å². The summed E-state index contributed by atoms with van der Waals surface area (Å²) in [5.41, 5.74) is 3.17. The van der Waals surface area contributed by atoms with Crippen molar-refractivity contribution in [2.24, 2.45) is 0 Å². The van der Waals surface area contributed by atoms with Crippen LogP contribution in [0.1, 0.15) is 11.4 Å². The van der Waals surface area contributed by atoms with Crippen LogP contribution in [0, 0.1) is 6.92 Å². The predicted molar refractivity (Wildman–Crippen MR) is 87.9 cm³/mol. The molecule has 0 saturated heterocycles. The Morgan fingerprint density at radius 1 is 1.17 bits per heavy atom. The molecule has 0 amide bonds. The summed E-state index contributed by atoms with van der Waals surface area (Å²) in [6, 6.07) is 12.1. The molecule has 0 unspecified atom stereocenters. The van der Waals surface area contributed by atoms with Gasteiger partial charge in [0.05, 0.1) is 5.56 Å². The summed E-state index contributed by atoms with van der Waals surface area (Å²) in [6.07, 6.45) is 3.68. The van der Waals surface area contributed by atoms with E-state index >= 15 is 0 Å². The monoisotopic (exact) mass is 305 g/mol. The van der Waals surface area contributed by atoms with Gasteiger partial charge in [0, 0.05) is 29.8 Å². The lowest BCUT2D eigenvalue weighted by molar-refractivity contribution is 0.425. The maximum atomic E-state index is 5.13. The number of nitrogens with zero attached hydrogens (tertiary/aromatic N) is 3. The maximum absolute atomic E-state index is 5.13. The molecule has 0 fully saturated rings. The first-order chi connectivity index (χ1) is 11.3. The molecule has 0 atom stereocenters. The van der Waals surface area contributed by atoms with E-state index in [1.165, 1.54) is 10.9 Å². The molecule has 4 aromatic rings. The minimum Gasteiger partial charge on any atom is -0.366 e. The molecule has 0 spiro atoms. The van der Waals surface area contributed by atoms with Gasteiger partial charge in [-0.05, 0) is 36.8 Å². The summed E-state index contributed by atoms with van der Waals surface area (Å²) in [7, 11) is 0. The molecular formula is C17H15N5O. The second-order valence-electron chi connectivity index (χ2n) is 5.29. The van der Waals surface area contributed by atoms with E-state index in [1.807, 2.05) is 24.4 Å². The summed E-state index contributed by atoms with van der Waals surface area (Å²) < 4.78 is 5.13. The van der Waals surface area contributed by atoms with Crippen molar-refractivity contribution in [1.82, 2.24) is 20.1 Å². The fourth-order valence-electron chi connectivity index (χ4n) is 2.53. The zero-order chi connectivity index (χ0) is 15.6. The van der Waals surface area contributed by atoms with Crippen molar-refractivity contribution in [3.8, 4) is 11.5 Å². The second-order valence-corrected chi connectivity index (χ2v) is 5.29. The van der Waals surface area contributed by atoms with Crippen LogP contribution in [0.3, 0.4) is 0 Å². The molecule has 114 valence electrons. The Labute approximate surface area is 132 Å². The molecule has 1 aromatic carbocycles. The Kier molecular flexibility index (Phi) is 3.27. The zero-order valence-corrected chi connectivity index (χ0v) is 12.6. The summed E-state index contributed by atoms with van der Waals surface area (Å²) in [5.74, 6) is 1.90. The highest BCUT2D eigenvalue weighted by Crippen LogP contribution is 2.20. The van der Waals surface area contributed by atoms with Crippen molar-refractivity contribution in [1.29, 1.82) is 0 Å². The van der Waals surface area contributed by atoms with Crippen molar-refractivity contribution in [3.05, 3.63) is 60.2 Å². The average molecular weight is 305 g/mol. The zero-order valence-electron chi connectivity index (χ0n) is 12.6. The first-order valence-electron chi connectivity index (χ1n) is 7.35. The molecule has 4 rings (SSSR count). The molecule has 6 heteroatoms. The summed E-state index contributed by atoms with van der Waals surface area (Å²) in [5, 5.41) is 8.34. The van der Waals surface area contributed by atoms with Gasteiger partial charge in [0.25, 0.3) is 5.89 Å². The number of nitrogens with one attached hydrogen (secondary N) is 2. The number of aromatic nitrogens is 4. The lowest BCUT2D eigenvalue weighted by Crippen LogP contribution is -2.01. The lowest BCUT2D eigenvalue weighted by atomic mass is 10.1. The number of anilines is 1. The van der Waals surface area contributed by atoms with Crippen LogP contribution in [0.5, 0.6) is 0 Å². The van der Waals surface area contributed by atoms with E-state index in [0.717, 1.165) is 16.9 Å². The SMILES string of the molecule is Cc1noc(-c2ccc(NCc3cccc4[nH]ccc34)nc2)n1. The van der Waals surface area contributed by atoms with E-state index in [0.29, 0.717) is 18.3 Å². The number of pyridine rings is 1. The maximum Gasteiger partial charge on any atom is 0.259 e. The number of benzene rings is 1. The standard InChI is InChI=1S/C17H15N5O/c1-11-21-17(23-22-11)13-5-6-16(20-10-13)19-9-12-3-2-4-15-14(12)7-8-18-15/h2-8,10,18H,9H2,1H3,(H,19,20). The molecule has 0 saturated carbocycles. The lowest BCUT2D eigenvalue weighted by Gasteiger charge is -2.07. The normalized spacial score (nSPS) is 11.0. The molecule has 3 heterocycles. The van der Waals surface area contributed by atoms with Crippen LogP contribution in [0.2, 0.25) is 0 Å². The molecule has 0 radical (unpaired) electrons. The Morgan fingerprint density at radius 2 is 2.13 bits per heavy atom. The molecule has 6 nitrogen and oxygen atoms in total. The number of fused-ring (bicyclic) bond motifs is 1. The molecule has 0 aliphatic carbocycles. The fraction of sp³-hybridized carbons (Fsp3) is 0.118. The smallest absolute Gasteiger partial charge is 0.259 e. The second kappa shape index (κ2) is 5.57. The van der Waals surface area contributed by atoms with Crippen LogP contribution in [0.25, 0.3) is 22.4 Å². The average Bonchev–Trinajstić information content (AvgIpc) is 3.22. The van der Waals surface area contributed by atoms with Gasteiger partial charge in [-0.15, -0.1) is 0 Å². The van der Waals surface area contributed by atoms with Gasteiger partial charge in [0.15, 0.2) is 5.82 Å². The Morgan fingerprint density at radius 3 is 2.91 bits per heavy atom. The molecular weight excluding hydrogens is 290 g/mol. The predicted octanol–water partition coefficient (Wildman–Crippen LogP) is 3.53. The van der Waals surface area contributed by atoms with Crippen LogP contribution in [0.15, 0.2) is 53.3 Å². The van der Waals surface area contributed by atoms with Crippen LogP contribution in [0.4, 0.5) is 5.82 Å². The van der Waals surface area contributed by atoms with Crippen molar-refractivity contribution in [2.75, 3.05) is 5.32 Å². The van der Waals surface area contributed by atoms with Gasteiger partial charge >= 0.3 is 0 Å². The third-order valence-corrected chi connectivity index (χ3v) is 3.68. The van der Waals surface area contributed by atoms with Gasteiger partial charge < -0.3 is 14.8 Å². The Hall–Kier alpha value is -3.15. The highest BCUT2D eigenvalue weighted by molar-refractivity contribution is 5.83. The number of hydrogen-bond donors (Lipinski definition) is 2. The minimum atomic E-state index is 0.485. The van der Waals surface area contributed by atoms with Crippen molar-refractivity contribution < 1.29 is 4.52 Å². The molecule has 0 aliphatic heterocycles. The first-order valence-corrected chi connectivity index (χ1v) is 7.35. The van der Waals surface area contributed by atoms with E-state index in [1.54, 1.807) is 13.1 Å². The van der Waals surface area contributed by atoms with Gasteiger partial charge in [0.2, 0.25) is 0 Å². The number of aromatic amines is 1. The third kappa shape index (κ3) is 2.66. The molecule has 3 aromatic heterocycles. The number of aryl methyl sites for hydroxylation is 1. The van der Waals surface area contributed by atoms with E-state index < -0.39 is 0 Å². The van der Waals surface area contributed by atoms with Crippen LogP contribution >= 0.6 is 0 Å². The summed E-state index contributed by atoms with van der Waals surface area (Å²) in [4.78, 5) is 11.8. The van der Waals surface area contributed by atoms with E-state index in [2.05, 4.69) is 43.6 Å². The van der Waals surface area contributed by atoms with E-state index in [-0.39, 0.29) is 0 Å². The van der Waals surface area contributed by atoms with Crippen molar-refractivity contribution in [2.45, 2.75) is 13.5 Å². The molecule has 23 heavy (non-hydrogen) atoms. The Balaban J connectivity index is 1.50. The van der Waals surface area contributed by atoms with Gasteiger partial charge in [-0.1, -0.05) is 17.3 Å². The molecule has 0 aliphatic rings. The number of rotatable bonds is 4.